The Labute approximate surface area is 138 Å². The molecule has 6 nitrogen and oxygen atoms in total. The van der Waals surface area contributed by atoms with Gasteiger partial charge in [-0.25, -0.2) is 9.59 Å². The molecule has 2 aromatic rings. The van der Waals surface area contributed by atoms with Gasteiger partial charge in [0.25, 0.3) is 0 Å². The highest BCUT2D eigenvalue weighted by molar-refractivity contribution is 7.99. The average molecular weight is 334 g/mol. The van der Waals surface area contributed by atoms with Crippen LogP contribution in [0, 0.1) is 0 Å². The predicted molar refractivity (Wildman–Crippen MR) is 87.1 cm³/mol. The second kappa shape index (κ2) is 7.82. The molecule has 0 aliphatic rings. The summed E-state index contributed by atoms with van der Waals surface area (Å²) < 4.78 is 6.34. The number of esters is 1. The van der Waals surface area contributed by atoms with Gasteiger partial charge >= 0.3 is 11.9 Å². The molecule has 0 saturated heterocycles. The highest BCUT2D eigenvalue weighted by Crippen LogP contribution is 2.24. The lowest BCUT2D eigenvalue weighted by molar-refractivity contribution is 0.0599. The summed E-state index contributed by atoms with van der Waals surface area (Å²) in [4.78, 5) is 22.7. The zero-order valence-electron chi connectivity index (χ0n) is 13.0. The number of aromatic carboxylic acids is 1. The van der Waals surface area contributed by atoms with Crippen LogP contribution in [0.2, 0.25) is 0 Å². The molecule has 0 amide bonds. The van der Waals surface area contributed by atoms with Crippen LogP contribution in [-0.4, -0.2) is 39.7 Å². The van der Waals surface area contributed by atoms with Crippen LogP contribution in [0.25, 0.3) is 0 Å². The van der Waals surface area contributed by atoms with Crippen LogP contribution in [0.1, 0.15) is 39.6 Å². The van der Waals surface area contributed by atoms with Gasteiger partial charge in [-0.1, -0.05) is 19.1 Å². The summed E-state index contributed by atoms with van der Waals surface area (Å²) in [6.45, 7) is 2.49. The van der Waals surface area contributed by atoms with E-state index in [2.05, 4.69) is 9.84 Å². The molecule has 0 atom stereocenters. The summed E-state index contributed by atoms with van der Waals surface area (Å²) in [5.74, 6) is -0.536. The second-order valence-electron chi connectivity index (χ2n) is 4.86. The average Bonchev–Trinajstić information content (AvgIpc) is 2.95. The molecule has 0 aliphatic heterocycles. The first-order valence-electron chi connectivity index (χ1n) is 7.16. The number of carbonyl (C=O) groups is 2. The van der Waals surface area contributed by atoms with Crippen molar-refractivity contribution < 1.29 is 19.4 Å². The SMILES string of the molecule is CCCSc1c(C(=O)O)cnn1Cc1ccc(C(=O)OC)cc1. The Balaban J connectivity index is 2.22. The van der Waals surface area contributed by atoms with E-state index in [1.807, 2.05) is 19.1 Å². The molecular weight excluding hydrogens is 316 g/mol. The van der Waals surface area contributed by atoms with Gasteiger partial charge in [0.15, 0.2) is 0 Å². The Morgan fingerprint density at radius 3 is 2.57 bits per heavy atom. The van der Waals surface area contributed by atoms with E-state index in [-0.39, 0.29) is 11.5 Å². The Morgan fingerprint density at radius 2 is 2.00 bits per heavy atom. The van der Waals surface area contributed by atoms with Gasteiger partial charge < -0.3 is 9.84 Å². The van der Waals surface area contributed by atoms with Crippen LogP contribution < -0.4 is 0 Å². The maximum atomic E-state index is 11.4. The number of rotatable bonds is 7. The number of thioether (sulfide) groups is 1. The van der Waals surface area contributed by atoms with Crippen molar-refractivity contribution in [1.29, 1.82) is 0 Å². The van der Waals surface area contributed by atoms with Gasteiger partial charge in [-0.05, 0) is 29.9 Å². The summed E-state index contributed by atoms with van der Waals surface area (Å²) in [5.41, 5.74) is 1.62. The van der Waals surface area contributed by atoms with Crippen molar-refractivity contribution in [2.45, 2.75) is 24.9 Å². The zero-order valence-corrected chi connectivity index (χ0v) is 13.8. The number of methoxy groups -OCH3 is 1. The topological polar surface area (TPSA) is 81.4 Å². The molecule has 1 aromatic carbocycles. The number of hydrogen-bond acceptors (Lipinski definition) is 5. The molecule has 2 rings (SSSR count). The van der Waals surface area contributed by atoms with Crippen LogP contribution in [0.5, 0.6) is 0 Å². The molecule has 23 heavy (non-hydrogen) atoms. The van der Waals surface area contributed by atoms with E-state index in [1.54, 1.807) is 16.8 Å². The predicted octanol–water partition coefficient (Wildman–Crippen LogP) is 2.92. The largest absolute Gasteiger partial charge is 0.478 e. The van der Waals surface area contributed by atoms with Crippen LogP contribution in [0.15, 0.2) is 35.5 Å². The van der Waals surface area contributed by atoms with Gasteiger partial charge in [-0.2, -0.15) is 5.10 Å². The molecular formula is C16H18N2O4S. The zero-order chi connectivity index (χ0) is 16.8. The summed E-state index contributed by atoms with van der Waals surface area (Å²) in [5, 5.41) is 14.1. The van der Waals surface area contributed by atoms with Crippen molar-refractivity contribution in [3.05, 3.63) is 47.2 Å². The second-order valence-corrected chi connectivity index (χ2v) is 5.95. The quantitative estimate of drug-likeness (QED) is 0.619. The lowest BCUT2D eigenvalue weighted by Gasteiger charge is -2.08. The molecule has 122 valence electrons. The van der Waals surface area contributed by atoms with Gasteiger partial charge in [0.2, 0.25) is 0 Å². The third-order valence-corrected chi connectivity index (χ3v) is 4.49. The van der Waals surface area contributed by atoms with Gasteiger partial charge in [0, 0.05) is 0 Å². The third kappa shape index (κ3) is 4.13. The smallest absolute Gasteiger partial charge is 0.340 e. The number of carboxylic acids is 1. The minimum Gasteiger partial charge on any atom is -0.478 e. The summed E-state index contributed by atoms with van der Waals surface area (Å²) in [7, 11) is 1.34. The Kier molecular flexibility index (Phi) is 5.81. The van der Waals surface area contributed by atoms with Crippen LogP contribution in [0.3, 0.4) is 0 Å². The lowest BCUT2D eigenvalue weighted by Crippen LogP contribution is -2.06. The van der Waals surface area contributed by atoms with E-state index in [9.17, 15) is 14.7 Å². The van der Waals surface area contributed by atoms with Crippen molar-refractivity contribution in [3.63, 3.8) is 0 Å². The van der Waals surface area contributed by atoms with Gasteiger partial charge in [0.1, 0.15) is 10.6 Å². The van der Waals surface area contributed by atoms with Crippen LogP contribution >= 0.6 is 11.8 Å². The van der Waals surface area contributed by atoms with Crippen LogP contribution in [0.4, 0.5) is 0 Å². The molecule has 1 heterocycles. The molecule has 0 fully saturated rings. The maximum Gasteiger partial charge on any atom is 0.340 e. The fourth-order valence-electron chi connectivity index (χ4n) is 2.02. The van der Waals surface area contributed by atoms with Crippen molar-refractivity contribution in [3.8, 4) is 0 Å². The van der Waals surface area contributed by atoms with E-state index in [0.29, 0.717) is 17.1 Å². The molecule has 0 spiro atoms. The van der Waals surface area contributed by atoms with Crippen molar-refractivity contribution in [2.75, 3.05) is 12.9 Å². The van der Waals surface area contributed by atoms with E-state index in [0.717, 1.165) is 17.7 Å². The number of ether oxygens (including phenoxy) is 1. The Hall–Kier alpha value is -2.28. The van der Waals surface area contributed by atoms with Gasteiger partial charge in [-0.15, -0.1) is 11.8 Å². The number of benzene rings is 1. The van der Waals surface area contributed by atoms with Crippen molar-refractivity contribution >= 4 is 23.7 Å². The molecule has 1 aromatic heterocycles. The first-order valence-corrected chi connectivity index (χ1v) is 8.14. The summed E-state index contributed by atoms with van der Waals surface area (Å²) in [6, 6.07) is 6.98. The number of nitrogens with zero attached hydrogens (tertiary/aromatic N) is 2. The van der Waals surface area contributed by atoms with E-state index in [4.69, 9.17) is 0 Å². The van der Waals surface area contributed by atoms with E-state index >= 15 is 0 Å². The van der Waals surface area contributed by atoms with E-state index in [1.165, 1.54) is 25.1 Å². The number of carbonyl (C=O) groups excluding carboxylic acids is 1. The highest BCUT2D eigenvalue weighted by atomic mass is 32.2. The van der Waals surface area contributed by atoms with Gasteiger partial charge in [-0.3, -0.25) is 4.68 Å². The number of aromatic nitrogens is 2. The molecule has 0 saturated carbocycles. The molecule has 0 aliphatic carbocycles. The molecule has 0 unspecified atom stereocenters. The summed E-state index contributed by atoms with van der Waals surface area (Å²) >= 11 is 1.49. The Morgan fingerprint density at radius 1 is 1.30 bits per heavy atom. The first-order chi connectivity index (χ1) is 11.1. The Bertz CT molecular complexity index is 695. The molecule has 7 heteroatoms. The molecule has 0 radical (unpaired) electrons. The fourth-order valence-corrected chi connectivity index (χ4v) is 2.98. The van der Waals surface area contributed by atoms with Crippen molar-refractivity contribution in [1.82, 2.24) is 9.78 Å². The van der Waals surface area contributed by atoms with Crippen molar-refractivity contribution in [2.24, 2.45) is 0 Å². The fraction of sp³-hybridized carbons (Fsp3) is 0.312. The standard InChI is InChI=1S/C16H18N2O4S/c1-3-8-23-14-13(15(19)20)9-17-18(14)10-11-4-6-12(7-5-11)16(21)22-2/h4-7,9H,3,8,10H2,1-2H3,(H,19,20). The summed E-state index contributed by atoms with van der Waals surface area (Å²) in [6.07, 6.45) is 2.33. The monoisotopic (exact) mass is 334 g/mol. The van der Waals surface area contributed by atoms with E-state index < -0.39 is 5.97 Å². The maximum absolute atomic E-state index is 11.4. The first kappa shape index (κ1) is 17.1. The minimum atomic E-state index is -0.976. The highest BCUT2D eigenvalue weighted by Gasteiger charge is 2.17. The number of carboxylic acid groups (broad SMARTS) is 1. The van der Waals surface area contributed by atoms with Crippen LogP contribution in [-0.2, 0) is 11.3 Å². The minimum absolute atomic E-state index is 0.217. The normalized spacial score (nSPS) is 10.5. The number of hydrogen-bond donors (Lipinski definition) is 1. The van der Waals surface area contributed by atoms with Gasteiger partial charge in [0.05, 0.1) is 25.4 Å². The molecule has 1 N–H and O–H groups in total. The molecule has 0 bridgehead atoms. The lowest BCUT2D eigenvalue weighted by atomic mass is 10.1. The third-order valence-electron chi connectivity index (χ3n) is 3.17.